The molecule has 1 aliphatic heterocycles. The van der Waals surface area contributed by atoms with E-state index in [0.717, 1.165) is 26.2 Å². The van der Waals surface area contributed by atoms with Crippen LogP contribution in [0.5, 0.6) is 0 Å². The minimum atomic E-state index is -0.107. The van der Waals surface area contributed by atoms with Gasteiger partial charge >= 0.3 is 5.97 Å². The molecule has 0 aromatic heterocycles. The van der Waals surface area contributed by atoms with Gasteiger partial charge in [-0.1, -0.05) is 0 Å². The van der Waals surface area contributed by atoms with Crippen molar-refractivity contribution in [2.75, 3.05) is 32.8 Å². The molecule has 0 unspecified atom stereocenters. The van der Waals surface area contributed by atoms with E-state index in [0.29, 0.717) is 6.61 Å². The maximum Gasteiger partial charge on any atom is 0.323 e. The first-order chi connectivity index (χ1) is 6.25. The van der Waals surface area contributed by atoms with Crippen LogP contribution < -0.4 is 5.32 Å². The fourth-order valence-electron chi connectivity index (χ4n) is 1.48. The van der Waals surface area contributed by atoms with Crippen LogP contribution in [0.4, 0.5) is 0 Å². The summed E-state index contributed by atoms with van der Waals surface area (Å²) < 4.78 is 4.96. The Bertz CT molecular complexity index is 167. The van der Waals surface area contributed by atoms with Crippen molar-refractivity contribution in [2.45, 2.75) is 19.9 Å². The lowest BCUT2D eigenvalue weighted by atomic mass is 10.2. The van der Waals surface area contributed by atoms with Crippen molar-refractivity contribution in [3.05, 3.63) is 0 Å². The van der Waals surface area contributed by atoms with Gasteiger partial charge in [-0.2, -0.15) is 0 Å². The summed E-state index contributed by atoms with van der Waals surface area (Å²) in [6.45, 7) is 7.99. The second-order valence-electron chi connectivity index (χ2n) is 3.21. The van der Waals surface area contributed by atoms with Crippen molar-refractivity contribution < 1.29 is 9.53 Å². The maximum atomic E-state index is 11.4. The molecule has 1 N–H and O–H groups in total. The Morgan fingerprint density at radius 1 is 1.54 bits per heavy atom. The lowest BCUT2D eigenvalue weighted by Gasteiger charge is -2.31. The number of rotatable bonds is 3. The van der Waals surface area contributed by atoms with Gasteiger partial charge in [0.25, 0.3) is 0 Å². The maximum absolute atomic E-state index is 11.4. The Labute approximate surface area is 79.2 Å². The molecule has 0 aromatic carbocycles. The zero-order valence-corrected chi connectivity index (χ0v) is 8.38. The molecule has 0 aromatic rings. The van der Waals surface area contributed by atoms with E-state index in [2.05, 4.69) is 10.2 Å². The number of hydrogen-bond acceptors (Lipinski definition) is 4. The molecule has 0 radical (unpaired) electrons. The summed E-state index contributed by atoms with van der Waals surface area (Å²) in [6, 6.07) is -0.0953. The van der Waals surface area contributed by atoms with Crippen LogP contribution in [0, 0.1) is 0 Å². The molecule has 1 saturated heterocycles. The smallest absolute Gasteiger partial charge is 0.323 e. The van der Waals surface area contributed by atoms with Crippen LogP contribution in [0.25, 0.3) is 0 Å². The Hall–Kier alpha value is -0.610. The highest BCUT2D eigenvalue weighted by Gasteiger charge is 2.23. The van der Waals surface area contributed by atoms with Gasteiger partial charge in [0.05, 0.1) is 6.61 Å². The number of piperazine rings is 1. The fraction of sp³-hybridized carbons (Fsp3) is 0.889. The van der Waals surface area contributed by atoms with Gasteiger partial charge in [0, 0.05) is 26.2 Å². The third-order valence-electron chi connectivity index (χ3n) is 2.33. The Morgan fingerprint density at radius 3 is 2.69 bits per heavy atom. The first kappa shape index (κ1) is 10.5. The van der Waals surface area contributed by atoms with Crippen LogP contribution in [0.3, 0.4) is 0 Å². The number of carbonyl (C=O) groups is 1. The Balaban J connectivity index is 2.35. The van der Waals surface area contributed by atoms with Crippen molar-refractivity contribution >= 4 is 5.97 Å². The number of nitrogens with zero attached hydrogens (tertiary/aromatic N) is 1. The summed E-state index contributed by atoms with van der Waals surface area (Å²) in [5, 5.41) is 3.25. The van der Waals surface area contributed by atoms with E-state index in [4.69, 9.17) is 4.74 Å². The first-order valence-corrected chi connectivity index (χ1v) is 4.87. The van der Waals surface area contributed by atoms with Gasteiger partial charge in [-0.15, -0.1) is 0 Å². The number of esters is 1. The normalized spacial score (nSPS) is 21.1. The highest BCUT2D eigenvalue weighted by atomic mass is 16.5. The average molecular weight is 186 g/mol. The largest absolute Gasteiger partial charge is 0.465 e. The SMILES string of the molecule is CCOC(=O)[C@@H](C)N1CCNCC1. The molecule has 13 heavy (non-hydrogen) atoms. The molecule has 1 rings (SSSR count). The fourth-order valence-corrected chi connectivity index (χ4v) is 1.48. The zero-order valence-electron chi connectivity index (χ0n) is 8.38. The number of carbonyl (C=O) groups excluding carboxylic acids is 1. The molecular weight excluding hydrogens is 168 g/mol. The van der Waals surface area contributed by atoms with Crippen molar-refractivity contribution in [1.29, 1.82) is 0 Å². The summed E-state index contributed by atoms with van der Waals surface area (Å²) in [5.74, 6) is -0.107. The van der Waals surface area contributed by atoms with E-state index in [1.807, 2.05) is 13.8 Å². The topological polar surface area (TPSA) is 41.6 Å². The molecule has 0 spiro atoms. The van der Waals surface area contributed by atoms with E-state index in [1.54, 1.807) is 0 Å². The van der Waals surface area contributed by atoms with Crippen molar-refractivity contribution in [3.63, 3.8) is 0 Å². The van der Waals surface area contributed by atoms with Crippen LogP contribution in [-0.4, -0.2) is 49.7 Å². The van der Waals surface area contributed by atoms with E-state index in [9.17, 15) is 4.79 Å². The van der Waals surface area contributed by atoms with Crippen molar-refractivity contribution in [2.24, 2.45) is 0 Å². The number of hydrogen-bond donors (Lipinski definition) is 1. The molecule has 0 bridgehead atoms. The summed E-state index contributed by atoms with van der Waals surface area (Å²) in [7, 11) is 0. The van der Waals surface area contributed by atoms with Crippen LogP contribution in [0.2, 0.25) is 0 Å². The lowest BCUT2D eigenvalue weighted by molar-refractivity contribution is -0.149. The highest BCUT2D eigenvalue weighted by molar-refractivity contribution is 5.75. The monoisotopic (exact) mass is 186 g/mol. The van der Waals surface area contributed by atoms with Gasteiger partial charge in [0.2, 0.25) is 0 Å². The summed E-state index contributed by atoms with van der Waals surface area (Å²) >= 11 is 0. The van der Waals surface area contributed by atoms with Crippen LogP contribution in [0.1, 0.15) is 13.8 Å². The lowest BCUT2D eigenvalue weighted by Crippen LogP contribution is -2.50. The molecule has 1 fully saturated rings. The van der Waals surface area contributed by atoms with Crippen LogP contribution >= 0.6 is 0 Å². The van der Waals surface area contributed by atoms with Crippen LogP contribution in [0.15, 0.2) is 0 Å². The molecule has 4 heteroatoms. The summed E-state index contributed by atoms with van der Waals surface area (Å²) in [5.41, 5.74) is 0. The van der Waals surface area contributed by atoms with Gasteiger partial charge < -0.3 is 10.1 Å². The quantitative estimate of drug-likeness (QED) is 0.622. The van der Waals surface area contributed by atoms with Gasteiger partial charge in [-0.05, 0) is 13.8 Å². The van der Waals surface area contributed by atoms with Gasteiger partial charge in [0.15, 0.2) is 0 Å². The molecule has 0 aliphatic carbocycles. The number of nitrogens with one attached hydrogen (secondary N) is 1. The molecule has 76 valence electrons. The van der Waals surface area contributed by atoms with Crippen molar-refractivity contribution in [3.8, 4) is 0 Å². The highest BCUT2D eigenvalue weighted by Crippen LogP contribution is 2.02. The summed E-state index contributed by atoms with van der Waals surface area (Å²) in [4.78, 5) is 13.5. The number of ether oxygens (including phenoxy) is 1. The molecular formula is C9H18N2O2. The summed E-state index contributed by atoms with van der Waals surface area (Å²) in [6.07, 6.45) is 0. The van der Waals surface area contributed by atoms with Gasteiger partial charge in [-0.25, -0.2) is 0 Å². The van der Waals surface area contributed by atoms with Crippen LogP contribution in [-0.2, 0) is 9.53 Å². The second-order valence-corrected chi connectivity index (χ2v) is 3.21. The molecule has 1 heterocycles. The van der Waals surface area contributed by atoms with E-state index in [1.165, 1.54) is 0 Å². The van der Waals surface area contributed by atoms with Crippen molar-refractivity contribution in [1.82, 2.24) is 10.2 Å². The molecule has 1 aliphatic rings. The average Bonchev–Trinajstić information content (AvgIpc) is 2.18. The third-order valence-corrected chi connectivity index (χ3v) is 2.33. The predicted octanol–water partition coefficient (Wildman–Crippen LogP) is -0.157. The Kier molecular flexibility index (Phi) is 4.18. The standard InChI is InChI=1S/C9H18N2O2/c1-3-13-9(12)8(2)11-6-4-10-5-7-11/h8,10H,3-7H2,1-2H3/t8-/m1/s1. The predicted molar refractivity (Wildman–Crippen MR) is 50.5 cm³/mol. The third kappa shape index (κ3) is 2.97. The van der Waals surface area contributed by atoms with Gasteiger partial charge in [0.1, 0.15) is 6.04 Å². The first-order valence-electron chi connectivity index (χ1n) is 4.87. The second kappa shape index (κ2) is 5.19. The molecule has 0 saturated carbocycles. The van der Waals surface area contributed by atoms with E-state index in [-0.39, 0.29) is 12.0 Å². The van der Waals surface area contributed by atoms with E-state index < -0.39 is 0 Å². The Morgan fingerprint density at radius 2 is 2.15 bits per heavy atom. The minimum Gasteiger partial charge on any atom is -0.465 e. The molecule has 4 nitrogen and oxygen atoms in total. The zero-order chi connectivity index (χ0) is 9.68. The van der Waals surface area contributed by atoms with Gasteiger partial charge in [-0.3, -0.25) is 9.69 Å². The molecule has 1 atom stereocenters. The minimum absolute atomic E-state index is 0.0953. The molecule has 0 amide bonds. The van der Waals surface area contributed by atoms with E-state index >= 15 is 0 Å².